The number of piperazine rings is 1. The van der Waals surface area contributed by atoms with E-state index >= 15 is 0 Å². The molecule has 0 radical (unpaired) electrons. The molecule has 0 spiro atoms. The van der Waals surface area contributed by atoms with E-state index in [9.17, 15) is 13.2 Å². The summed E-state index contributed by atoms with van der Waals surface area (Å²) in [5, 5.41) is 4.92. The summed E-state index contributed by atoms with van der Waals surface area (Å²) < 4.78 is 30.3. The lowest BCUT2D eigenvalue weighted by Crippen LogP contribution is -2.49. The summed E-state index contributed by atoms with van der Waals surface area (Å²) in [4.78, 5) is 17.2. The maximum Gasteiger partial charge on any atom is 0.263 e. The van der Waals surface area contributed by atoms with E-state index in [2.05, 4.69) is 16.9 Å². The second kappa shape index (κ2) is 10.0. The maximum atomic E-state index is 13.6. The van der Waals surface area contributed by atoms with Crippen LogP contribution in [0, 0.1) is 5.92 Å². The number of amides is 1. The van der Waals surface area contributed by atoms with E-state index in [0.717, 1.165) is 24.9 Å². The molecule has 4 rings (SSSR count). The van der Waals surface area contributed by atoms with Crippen LogP contribution in [0.4, 0.5) is 5.69 Å². The summed E-state index contributed by atoms with van der Waals surface area (Å²) in [6.07, 6.45) is 4.43. The first kappa shape index (κ1) is 24.0. The fourth-order valence-corrected chi connectivity index (χ4v) is 6.31. The average Bonchev–Trinajstić information content (AvgIpc) is 3.24. The van der Waals surface area contributed by atoms with Gasteiger partial charge in [-0.3, -0.25) is 9.48 Å². The van der Waals surface area contributed by atoms with Gasteiger partial charge >= 0.3 is 0 Å². The van der Waals surface area contributed by atoms with Crippen LogP contribution in [0.1, 0.15) is 43.5 Å². The number of carbonyl (C=O) groups is 1. The third-order valence-corrected chi connectivity index (χ3v) is 8.42. The molecule has 0 aliphatic carbocycles. The van der Waals surface area contributed by atoms with Crippen molar-refractivity contribution in [3.63, 3.8) is 0 Å². The van der Waals surface area contributed by atoms with Gasteiger partial charge in [0.05, 0.1) is 5.56 Å². The summed E-state index contributed by atoms with van der Waals surface area (Å²) in [7, 11) is -3.90. The monoisotopic (exact) mass is 493 g/mol. The minimum atomic E-state index is -3.90. The fourth-order valence-electron chi connectivity index (χ4n) is 4.61. The molecule has 0 unspecified atom stereocenters. The van der Waals surface area contributed by atoms with Gasteiger partial charge in [0.15, 0.2) is 0 Å². The van der Waals surface area contributed by atoms with Crippen molar-refractivity contribution in [1.82, 2.24) is 19.0 Å². The zero-order valence-electron chi connectivity index (χ0n) is 19.3. The maximum absolute atomic E-state index is 13.6. The Balaban J connectivity index is 1.56. The number of carbonyl (C=O) groups excluding carboxylic acids is 1. The molecule has 2 fully saturated rings. The molecule has 0 N–H and O–H groups in total. The summed E-state index contributed by atoms with van der Waals surface area (Å²) in [6.45, 7) is 7.72. The van der Waals surface area contributed by atoms with Gasteiger partial charge < -0.3 is 9.80 Å². The Morgan fingerprint density at radius 1 is 1.18 bits per heavy atom. The Labute approximate surface area is 201 Å². The molecule has 2 saturated heterocycles. The van der Waals surface area contributed by atoms with Crippen molar-refractivity contribution in [3.05, 3.63) is 41.0 Å². The molecule has 1 aromatic heterocycles. The van der Waals surface area contributed by atoms with E-state index in [-0.39, 0.29) is 16.5 Å². The first-order chi connectivity index (χ1) is 15.8. The van der Waals surface area contributed by atoms with E-state index in [0.29, 0.717) is 56.8 Å². The number of rotatable bonds is 6. The number of sulfonamides is 1. The number of benzene rings is 1. The van der Waals surface area contributed by atoms with E-state index in [1.165, 1.54) is 4.31 Å². The van der Waals surface area contributed by atoms with Crippen LogP contribution in [0.2, 0.25) is 5.02 Å². The van der Waals surface area contributed by atoms with Crippen molar-refractivity contribution in [2.75, 3.05) is 44.2 Å². The third-order valence-electron chi connectivity index (χ3n) is 6.35. The number of halogens is 1. The largest absolute Gasteiger partial charge is 0.369 e. The van der Waals surface area contributed by atoms with Crippen molar-refractivity contribution in [2.45, 2.75) is 44.7 Å². The standard InChI is InChI=1S/C23H32ClN5O3S/c1-3-9-28-17-21(23(30)27-10-5-6-18(2)16-27)22(25-28)33(31,32)29-13-11-26(12-14-29)20-8-4-7-19(24)15-20/h4,7-8,15,17-18H,3,5-6,9-14,16H2,1-2H3/t18-/m0/s1. The number of piperidine rings is 1. The van der Waals surface area contributed by atoms with Crippen LogP contribution in [0.25, 0.3) is 0 Å². The highest BCUT2D eigenvalue weighted by molar-refractivity contribution is 7.89. The van der Waals surface area contributed by atoms with Crippen LogP contribution in [-0.2, 0) is 16.6 Å². The highest BCUT2D eigenvalue weighted by Crippen LogP contribution is 2.26. The van der Waals surface area contributed by atoms with E-state index in [1.807, 2.05) is 31.2 Å². The predicted octanol–water partition coefficient (Wildman–Crippen LogP) is 3.33. The lowest BCUT2D eigenvalue weighted by Gasteiger charge is -2.35. The molecule has 0 saturated carbocycles. The van der Waals surface area contributed by atoms with E-state index in [1.54, 1.807) is 15.8 Å². The number of likely N-dealkylation sites (tertiary alicyclic amines) is 1. The zero-order chi connectivity index (χ0) is 23.6. The molecule has 3 heterocycles. The molecule has 8 nitrogen and oxygen atoms in total. The highest BCUT2D eigenvalue weighted by Gasteiger charge is 2.36. The lowest BCUT2D eigenvalue weighted by atomic mass is 10.00. The quantitative estimate of drug-likeness (QED) is 0.616. The van der Waals surface area contributed by atoms with Crippen LogP contribution in [0.3, 0.4) is 0 Å². The molecule has 2 aromatic rings. The minimum absolute atomic E-state index is 0.115. The van der Waals surface area contributed by atoms with Gasteiger partial charge in [-0.15, -0.1) is 0 Å². The summed E-state index contributed by atoms with van der Waals surface area (Å²) in [5.74, 6) is 0.174. The smallest absolute Gasteiger partial charge is 0.263 e. The highest BCUT2D eigenvalue weighted by atomic mass is 35.5. The Hall–Kier alpha value is -2.10. The predicted molar refractivity (Wildman–Crippen MR) is 129 cm³/mol. The molecule has 2 aliphatic heterocycles. The Kier molecular flexibility index (Phi) is 7.31. The van der Waals surface area contributed by atoms with Crippen molar-refractivity contribution >= 4 is 33.2 Å². The van der Waals surface area contributed by atoms with Crippen LogP contribution >= 0.6 is 11.6 Å². The van der Waals surface area contributed by atoms with Crippen molar-refractivity contribution in [1.29, 1.82) is 0 Å². The van der Waals surface area contributed by atoms with Gasteiger partial charge in [0.1, 0.15) is 0 Å². The van der Waals surface area contributed by atoms with Gasteiger partial charge in [0.2, 0.25) is 5.03 Å². The summed E-state index contributed by atoms with van der Waals surface area (Å²) in [5.41, 5.74) is 1.16. The molecule has 180 valence electrons. The molecular formula is C23H32ClN5O3S. The molecule has 2 aliphatic rings. The van der Waals surface area contributed by atoms with Gasteiger partial charge in [-0.1, -0.05) is 31.5 Å². The van der Waals surface area contributed by atoms with Gasteiger partial charge in [-0.25, -0.2) is 8.42 Å². The fraction of sp³-hybridized carbons (Fsp3) is 0.565. The minimum Gasteiger partial charge on any atom is -0.369 e. The Morgan fingerprint density at radius 2 is 1.94 bits per heavy atom. The molecule has 10 heteroatoms. The van der Waals surface area contributed by atoms with Gasteiger partial charge in [0, 0.05) is 62.7 Å². The molecular weight excluding hydrogens is 462 g/mol. The van der Waals surface area contributed by atoms with Crippen LogP contribution in [0.15, 0.2) is 35.5 Å². The van der Waals surface area contributed by atoms with Crippen molar-refractivity contribution in [3.8, 4) is 0 Å². The third kappa shape index (κ3) is 5.20. The first-order valence-corrected chi connectivity index (χ1v) is 13.5. The van der Waals surface area contributed by atoms with Crippen molar-refractivity contribution < 1.29 is 13.2 Å². The molecule has 1 amide bonds. The number of hydrogen-bond acceptors (Lipinski definition) is 5. The number of hydrogen-bond donors (Lipinski definition) is 0. The van der Waals surface area contributed by atoms with Crippen LogP contribution < -0.4 is 4.90 Å². The average molecular weight is 494 g/mol. The summed E-state index contributed by atoms with van der Waals surface area (Å²) in [6, 6.07) is 7.56. The van der Waals surface area contributed by atoms with E-state index in [4.69, 9.17) is 11.6 Å². The number of anilines is 1. The topological polar surface area (TPSA) is 78.8 Å². The molecule has 0 bridgehead atoms. The lowest BCUT2D eigenvalue weighted by molar-refractivity contribution is 0.0679. The molecule has 1 atom stereocenters. The molecule has 1 aromatic carbocycles. The van der Waals surface area contributed by atoms with Crippen LogP contribution in [0.5, 0.6) is 0 Å². The second-order valence-corrected chi connectivity index (χ2v) is 11.3. The molecule has 33 heavy (non-hydrogen) atoms. The van der Waals surface area contributed by atoms with Crippen LogP contribution in [-0.4, -0.2) is 72.6 Å². The number of aromatic nitrogens is 2. The van der Waals surface area contributed by atoms with Gasteiger partial charge in [-0.05, 0) is 43.4 Å². The number of nitrogens with zero attached hydrogens (tertiary/aromatic N) is 5. The van der Waals surface area contributed by atoms with Crippen molar-refractivity contribution in [2.24, 2.45) is 5.92 Å². The zero-order valence-corrected chi connectivity index (χ0v) is 20.9. The van der Waals surface area contributed by atoms with E-state index < -0.39 is 10.0 Å². The SMILES string of the molecule is CCCn1cc(C(=O)N2CCC[C@H](C)C2)c(S(=O)(=O)N2CCN(c3cccc(Cl)c3)CC2)n1. The first-order valence-electron chi connectivity index (χ1n) is 11.7. The van der Waals surface area contributed by atoms with Gasteiger partial charge in [-0.2, -0.15) is 9.40 Å². The Morgan fingerprint density at radius 3 is 2.61 bits per heavy atom. The second-order valence-electron chi connectivity index (χ2n) is 8.98. The summed E-state index contributed by atoms with van der Waals surface area (Å²) >= 11 is 6.11. The number of aryl methyl sites for hydroxylation is 1. The van der Waals surface area contributed by atoms with Gasteiger partial charge in [0.25, 0.3) is 15.9 Å². The normalized spacial score (nSPS) is 20.3. The Bertz CT molecular complexity index is 1100.